The number of aromatic amines is 4. The number of hydrogen-bond donors (Lipinski definition) is 8. The third kappa shape index (κ3) is 14.6. The molecule has 20 nitrogen and oxygen atoms in total. The van der Waals surface area contributed by atoms with Crippen LogP contribution in [0.1, 0.15) is 81.5 Å². The van der Waals surface area contributed by atoms with Crippen molar-refractivity contribution in [3.63, 3.8) is 0 Å². The molecule has 4 aromatic heterocycles. The molecule has 0 aliphatic rings. The molecule has 22 heteroatoms. The number of aryl methyl sites for hydroxylation is 4. The summed E-state index contributed by atoms with van der Waals surface area (Å²) < 4.78 is 0. The van der Waals surface area contributed by atoms with E-state index >= 15 is 0 Å². The van der Waals surface area contributed by atoms with Crippen molar-refractivity contribution in [1.82, 2.24) is 29.9 Å². The molecule has 0 bridgehead atoms. The van der Waals surface area contributed by atoms with Crippen LogP contribution in [0.25, 0.3) is 22.1 Å². The molecule has 324 valence electrons. The number of carbonyl (C=O) groups is 6. The van der Waals surface area contributed by atoms with Gasteiger partial charge in [-0.1, -0.05) is 48.5 Å². The topological polar surface area (TPSA) is 364 Å². The number of carboxylic acid groups (broad SMARTS) is 4. The maximum atomic E-state index is 12.4. The van der Waals surface area contributed by atoms with E-state index in [2.05, 4.69) is 29.9 Å². The summed E-state index contributed by atoms with van der Waals surface area (Å²) in [5.41, 5.74) is 15.4. The van der Waals surface area contributed by atoms with E-state index in [0.29, 0.717) is 58.9 Å². The second-order valence-electron chi connectivity index (χ2n) is 14.5. The fraction of sp³-hybridized carbons (Fsp3) is 0.286. The van der Waals surface area contributed by atoms with Gasteiger partial charge in [0, 0.05) is 60.6 Å². The van der Waals surface area contributed by atoms with Gasteiger partial charge in [0.25, 0.3) is 11.1 Å². The van der Waals surface area contributed by atoms with Crippen molar-refractivity contribution >= 4 is 69.4 Å². The van der Waals surface area contributed by atoms with Crippen LogP contribution in [0.15, 0.2) is 70.5 Å². The van der Waals surface area contributed by atoms with E-state index in [4.69, 9.17) is 16.6 Å². The molecule has 0 amide bonds. The summed E-state index contributed by atoms with van der Waals surface area (Å²) in [4.78, 5) is 112. The van der Waals surface area contributed by atoms with Gasteiger partial charge in [-0.25, -0.2) is 0 Å². The van der Waals surface area contributed by atoms with Crippen LogP contribution in [0.5, 0.6) is 0 Å². The van der Waals surface area contributed by atoms with Crippen molar-refractivity contribution in [1.29, 1.82) is 0 Å². The maximum Gasteiger partial charge on any atom is 1.00 e. The van der Waals surface area contributed by atoms with Gasteiger partial charge in [-0.05, 0) is 67.2 Å². The number of nitrogens with one attached hydrogen (secondary N) is 4. The smallest absolute Gasteiger partial charge is 0.550 e. The summed E-state index contributed by atoms with van der Waals surface area (Å²) in [5, 5.41) is 40.5. The van der Waals surface area contributed by atoms with Crippen LogP contribution in [-0.2, 0) is 44.9 Å². The third-order valence-corrected chi connectivity index (χ3v) is 10.2. The van der Waals surface area contributed by atoms with Crippen LogP contribution in [0.3, 0.4) is 0 Å². The predicted molar refractivity (Wildman–Crippen MR) is 219 cm³/mol. The van der Waals surface area contributed by atoms with Gasteiger partial charge in [-0.3, -0.25) is 38.7 Å². The molecule has 0 fully saturated rings. The SMILES string of the molecule is Nc1nc2[nH]cc(CCc3ccc(C(=O)C[C@H](CCC(=O)O)C(=O)O)cc3)c2c(=O)[nH]1.Nc1nc2[nH]cc(CCc3ccc(C(=O)C[C@H](CCC(=O)[O-])C(=O)[O-])cc3)c2c(=O)[nH]1.[Na+].[Na+]. The monoisotopic (exact) mass is 896 g/mol. The van der Waals surface area contributed by atoms with Crippen LogP contribution in [0, 0.1) is 11.8 Å². The Bertz CT molecular complexity index is 2560. The van der Waals surface area contributed by atoms with E-state index in [-0.39, 0.29) is 120 Å². The number of nitrogens with zero attached hydrogens (tertiary/aromatic N) is 2. The molecule has 0 unspecified atom stereocenters. The first-order valence-electron chi connectivity index (χ1n) is 19.3. The molecule has 10 N–H and O–H groups in total. The van der Waals surface area contributed by atoms with Gasteiger partial charge in [0.05, 0.1) is 16.7 Å². The van der Waals surface area contributed by atoms with Crippen molar-refractivity contribution in [3.8, 4) is 0 Å². The summed E-state index contributed by atoms with van der Waals surface area (Å²) in [5.74, 6) is -8.03. The Morgan fingerprint density at radius 2 is 1.02 bits per heavy atom. The van der Waals surface area contributed by atoms with Gasteiger partial charge < -0.3 is 51.5 Å². The zero-order valence-electron chi connectivity index (χ0n) is 35.0. The number of aromatic nitrogens is 6. The number of hydrogen-bond acceptors (Lipinski definition) is 14. The second kappa shape index (κ2) is 24.2. The number of Topliss-reactive ketones (excluding diaryl/α,β-unsaturated/α-hetero) is 2. The molecule has 6 rings (SSSR count). The maximum absolute atomic E-state index is 12.4. The predicted octanol–water partition coefficient (Wildman–Crippen LogP) is -5.15. The molecule has 64 heavy (non-hydrogen) atoms. The summed E-state index contributed by atoms with van der Waals surface area (Å²) in [7, 11) is 0. The van der Waals surface area contributed by atoms with Crippen molar-refractivity contribution < 1.29 is 108 Å². The number of anilines is 2. The molecule has 2 aromatic carbocycles. The number of rotatable bonds is 20. The first-order chi connectivity index (χ1) is 29.5. The quantitative estimate of drug-likeness (QED) is 0.0262. The number of carboxylic acids is 4. The normalized spacial score (nSPS) is 11.6. The third-order valence-electron chi connectivity index (χ3n) is 10.2. The first kappa shape index (κ1) is 52.4. The molecule has 4 heterocycles. The van der Waals surface area contributed by atoms with Crippen molar-refractivity contribution in [2.75, 3.05) is 11.5 Å². The van der Waals surface area contributed by atoms with Crippen LogP contribution >= 0.6 is 0 Å². The number of ketones is 2. The van der Waals surface area contributed by atoms with Crippen LogP contribution in [0.4, 0.5) is 11.9 Å². The second-order valence-corrected chi connectivity index (χ2v) is 14.5. The van der Waals surface area contributed by atoms with E-state index in [1.165, 1.54) is 0 Å². The van der Waals surface area contributed by atoms with Crippen molar-refractivity contribution in [2.45, 2.75) is 64.2 Å². The molecule has 2 atom stereocenters. The van der Waals surface area contributed by atoms with Crippen LogP contribution in [0.2, 0.25) is 0 Å². The molecule has 0 aliphatic heterocycles. The van der Waals surface area contributed by atoms with Gasteiger partial charge in [0.1, 0.15) is 11.3 Å². The van der Waals surface area contributed by atoms with E-state index in [1.807, 2.05) is 0 Å². The van der Waals surface area contributed by atoms with Gasteiger partial charge in [0.15, 0.2) is 11.6 Å². The Kier molecular flexibility index (Phi) is 19.9. The van der Waals surface area contributed by atoms with Gasteiger partial charge >= 0.3 is 71.1 Å². The van der Waals surface area contributed by atoms with E-state index in [1.54, 1.807) is 60.9 Å². The summed E-state index contributed by atoms with van der Waals surface area (Å²) in [6.07, 6.45) is 4.07. The van der Waals surface area contributed by atoms with E-state index in [0.717, 1.165) is 22.3 Å². The fourth-order valence-electron chi connectivity index (χ4n) is 6.80. The number of nitrogens with two attached hydrogens (primary N) is 2. The van der Waals surface area contributed by atoms with Crippen LogP contribution < -0.4 is 91.9 Å². The summed E-state index contributed by atoms with van der Waals surface area (Å²) in [6, 6.07) is 13.5. The number of benzene rings is 2. The minimum Gasteiger partial charge on any atom is -0.550 e. The Morgan fingerprint density at radius 1 is 0.609 bits per heavy atom. The Balaban J connectivity index is 0.000000330. The zero-order valence-corrected chi connectivity index (χ0v) is 39.0. The number of fused-ring (bicyclic) bond motifs is 2. The van der Waals surface area contributed by atoms with Gasteiger partial charge in [0.2, 0.25) is 11.9 Å². The molecule has 0 aliphatic carbocycles. The fourth-order valence-corrected chi connectivity index (χ4v) is 6.80. The standard InChI is InChI=1S/2C21H22N4O6.2Na/c2*22-21-24-18-17(19(29)25-21)14(10-23-18)6-3-11-1-4-12(5-2-11)15(26)9-13(20(30)31)7-8-16(27)28;;/h2*1-2,4-5,10,13H,3,6-9H2,(H,27,28)(H,30,31)(H4,22,23,24,25,29);;/q;;2*+1/p-2/t2*13-;;/m00../s1. The minimum atomic E-state index is -1.46. The van der Waals surface area contributed by atoms with E-state index in [9.17, 15) is 53.7 Å². The van der Waals surface area contributed by atoms with Gasteiger partial charge in [-0.15, -0.1) is 0 Å². The summed E-state index contributed by atoms with van der Waals surface area (Å²) >= 11 is 0. The molecule has 0 spiro atoms. The Morgan fingerprint density at radius 3 is 1.39 bits per heavy atom. The molecule has 0 saturated carbocycles. The molecular weight excluding hydrogens is 854 g/mol. The minimum absolute atomic E-state index is 0. The number of nitrogen functional groups attached to an aromatic ring is 2. The van der Waals surface area contributed by atoms with Gasteiger partial charge in [-0.2, -0.15) is 9.97 Å². The number of aliphatic carboxylic acids is 4. The largest absolute Gasteiger partial charge is 1.00 e. The number of carbonyl (C=O) groups excluding carboxylic acids is 4. The average molecular weight is 897 g/mol. The Hall–Kier alpha value is -5.90. The zero-order chi connectivity index (χ0) is 45.1. The molecule has 0 saturated heterocycles. The molecule has 6 aromatic rings. The molecule has 0 radical (unpaired) electrons. The molecular formula is C42H42N8Na2O12. The van der Waals surface area contributed by atoms with Crippen molar-refractivity contribution in [2.24, 2.45) is 11.8 Å². The number of H-pyrrole nitrogens is 4. The van der Waals surface area contributed by atoms with Crippen LogP contribution in [-0.4, -0.2) is 75.6 Å². The Labute approximate surface area is 407 Å². The summed E-state index contributed by atoms with van der Waals surface area (Å²) in [6.45, 7) is 0. The van der Waals surface area contributed by atoms with Crippen molar-refractivity contribution in [3.05, 3.63) is 115 Å². The average Bonchev–Trinajstić information content (AvgIpc) is 3.83. The van der Waals surface area contributed by atoms with E-state index < -0.39 is 47.9 Å². The first-order valence-corrected chi connectivity index (χ1v) is 19.3.